The molecule has 0 atom stereocenters. The van der Waals surface area contributed by atoms with Gasteiger partial charge in [-0.15, -0.1) is 0 Å². The van der Waals surface area contributed by atoms with Gasteiger partial charge in [0.15, 0.2) is 0 Å². The molecule has 18 heavy (non-hydrogen) atoms. The largest absolute Gasteiger partial charge is 0.323 e. The smallest absolute Gasteiger partial charge is 0.257 e. The van der Waals surface area contributed by atoms with Crippen molar-refractivity contribution in [2.45, 2.75) is 24.8 Å². The minimum atomic E-state index is -0.865. The minimum absolute atomic E-state index is 0.334. The molecule has 0 heterocycles. The van der Waals surface area contributed by atoms with Crippen molar-refractivity contribution >= 4 is 5.91 Å². The SMILES string of the molecule is CN(C(=O)c1cc(F)ccc1F)C1(C#N)CCC1. The van der Waals surface area contributed by atoms with Crippen LogP contribution in [0.15, 0.2) is 18.2 Å². The fourth-order valence-electron chi connectivity index (χ4n) is 2.07. The Morgan fingerprint density at radius 1 is 1.44 bits per heavy atom. The van der Waals surface area contributed by atoms with Crippen LogP contribution in [0.4, 0.5) is 8.78 Å². The molecule has 5 heteroatoms. The van der Waals surface area contributed by atoms with Crippen LogP contribution in [0.5, 0.6) is 0 Å². The van der Waals surface area contributed by atoms with Gasteiger partial charge < -0.3 is 4.90 Å². The number of carbonyl (C=O) groups excluding carboxylic acids is 1. The Morgan fingerprint density at radius 3 is 2.61 bits per heavy atom. The van der Waals surface area contributed by atoms with E-state index < -0.39 is 23.1 Å². The number of nitrogens with zero attached hydrogens (tertiary/aromatic N) is 2. The third kappa shape index (κ3) is 1.84. The van der Waals surface area contributed by atoms with Crippen molar-refractivity contribution in [2.24, 2.45) is 0 Å². The normalized spacial score (nSPS) is 16.6. The molecule has 0 aromatic heterocycles. The standard InChI is InChI=1S/C13H12F2N2O/c1-17(13(8-16)5-2-6-13)12(18)10-7-9(14)3-4-11(10)15/h3-4,7H,2,5-6H2,1H3. The highest BCUT2D eigenvalue weighted by atomic mass is 19.1. The number of carbonyl (C=O) groups is 1. The highest BCUT2D eigenvalue weighted by Crippen LogP contribution is 2.37. The monoisotopic (exact) mass is 250 g/mol. The third-order valence-corrected chi connectivity index (χ3v) is 3.49. The van der Waals surface area contributed by atoms with Crippen molar-refractivity contribution in [3.8, 4) is 6.07 Å². The van der Waals surface area contributed by atoms with Crippen LogP contribution in [0.2, 0.25) is 0 Å². The number of rotatable bonds is 2. The van der Waals surface area contributed by atoms with Crippen LogP contribution in [0.25, 0.3) is 0 Å². The molecule has 0 unspecified atom stereocenters. The van der Waals surface area contributed by atoms with Crippen molar-refractivity contribution < 1.29 is 13.6 Å². The Labute approximate surface area is 104 Å². The van der Waals surface area contributed by atoms with E-state index in [4.69, 9.17) is 5.26 Å². The van der Waals surface area contributed by atoms with Gasteiger partial charge in [-0.05, 0) is 37.5 Å². The summed E-state index contributed by atoms with van der Waals surface area (Å²) in [6, 6.07) is 4.81. The van der Waals surface area contributed by atoms with Gasteiger partial charge in [0.05, 0.1) is 11.6 Å². The maximum Gasteiger partial charge on any atom is 0.257 e. The van der Waals surface area contributed by atoms with E-state index in [1.807, 2.05) is 0 Å². The first kappa shape index (κ1) is 12.5. The highest BCUT2D eigenvalue weighted by molar-refractivity contribution is 5.95. The first-order chi connectivity index (χ1) is 8.50. The Kier molecular flexibility index (Phi) is 3.04. The average Bonchev–Trinajstić information content (AvgIpc) is 2.30. The summed E-state index contributed by atoms with van der Waals surface area (Å²) in [5, 5.41) is 9.11. The molecule has 1 aliphatic rings. The fraction of sp³-hybridized carbons (Fsp3) is 0.385. The molecule has 3 nitrogen and oxygen atoms in total. The zero-order valence-electron chi connectivity index (χ0n) is 9.91. The van der Waals surface area contributed by atoms with Crippen molar-refractivity contribution in [2.75, 3.05) is 7.05 Å². The molecule has 0 radical (unpaired) electrons. The lowest BCUT2D eigenvalue weighted by Gasteiger charge is -2.42. The lowest BCUT2D eigenvalue weighted by atomic mass is 9.76. The van der Waals surface area contributed by atoms with Crippen LogP contribution < -0.4 is 0 Å². The average molecular weight is 250 g/mol. The minimum Gasteiger partial charge on any atom is -0.323 e. The highest BCUT2D eigenvalue weighted by Gasteiger charge is 2.44. The van der Waals surface area contributed by atoms with Crippen molar-refractivity contribution in [1.82, 2.24) is 4.90 Å². The van der Waals surface area contributed by atoms with Crippen molar-refractivity contribution in [1.29, 1.82) is 5.26 Å². The molecule has 0 bridgehead atoms. The summed E-state index contributed by atoms with van der Waals surface area (Å²) in [4.78, 5) is 13.3. The Hall–Kier alpha value is -1.96. The van der Waals surface area contributed by atoms with Crippen molar-refractivity contribution in [3.05, 3.63) is 35.4 Å². The molecule has 1 amide bonds. The fourth-order valence-corrected chi connectivity index (χ4v) is 2.07. The molecular formula is C13H12F2N2O. The molecule has 0 aliphatic heterocycles. The molecule has 0 spiro atoms. The van der Waals surface area contributed by atoms with E-state index >= 15 is 0 Å². The van der Waals surface area contributed by atoms with E-state index in [0.717, 1.165) is 24.6 Å². The number of halogens is 2. The Morgan fingerprint density at radius 2 is 2.11 bits per heavy atom. The van der Waals surface area contributed by atoms with E-state index in [-0.39, 0.29) is 5.56 Å². The summed E-state index contributed by atoms with van der Waals surface area (Å²) < 4.78 is 26.5. The zero-order chi connectivity index (χ0) is 13.3. The summed E-state index contributed by atoms with van der Waals surface area (Å²) in [5.41, 5.74) is -1.20. The molecule has 1 aliphatic carbocycles. The van der Waals surface area contributed by atoms with E-state index in [1.165, 1.54) is 11.9 Å². The van der Waals surface area contributed by atoms with Gasteiger partial charge >= 0.3 is 0 Å². The van der Waals surface area contributed by atoms with Gasteiger partial charge in [0.1, 0.15) is 17.2 Å². The van der Waals surface area contributed by atoms with Crippen LogP contribution in [-0.4, -0.2) is 23.4 Å². The third-order valence-electron chi connectivity index (χ3n) is 3.49. The van der Waals surface area contributed by atoms with Gasteiger partial charge in [0.25, 0.3) is 5.91 Å². The molecule has 1 aromatic rings. The summed E-state index contributed by atoms with van der Waals surface area (Å²) in [7, 11) is 1.45. The number of amides is 1. The maximum absolute atomic E-state index is 13.5. The van der Waals surface area contributed by atoms with Gasteiger partial charge in [-0.25, -0.2) is 8.78 Å². The molecule has 0 N–H and O–H groups in total. The predicted molar refractivity (Wildman–Crippen MR) is 60.6 cm³/mol. The Balaban J connectivity index is 2.32. The first-order valence-electron chi connectivity index (χ1n) is 5.65. The Bertz CT molecular complexity index is 532. The van der Waals surface area contributed by atoms with Gasteiger partial charge in [-0.1, -0.05) is 0 Å². The maximum atomic E-state index is 13.5. The van der Waals surface area contributed by atoms with Gasteiger partial charge in [-0.3, -0.25) is 4.79 Å². The van der Waals surface area contributed by atoms with Crippen LogP contribution >= 0.6 is 0 Å². The second kappa shape index (κ2) is 4.37. The van der Waals surface area contributed by atoms with E-state index in [1.54, 1.807) is 0 Å². The van der Waals surface area contributed by atoms with E-state index in [9.17, 15) is 13.6 Å². The molecule has 0 saturated heterocycles. The summed E-state index contributed by atoms with van der Waals surface area (Å²) in [6.45, 7) is 0. The molecular weight excluding hydrogens is 238 g/mol. The van der Waals surface area contributed by atoms with E-state index in [0.29, 0.717) is 12.8 Å². The molecule has 1 saturated carbocycles. The summed E-state index contributed by atoms with van der Waals surface area (Å²) in [6.07, 6.45) is 2.00. The van der Waals surface area contributed by atoms with Gasteiger partial charge in [0, 0.05) is 7.05 Å². The molecule has 94 valence electrons. The second-order valence-corrected chi connectivity index (χ2v) is 4.49. The number of nitriles is 1. The van der Waals surface area contributed by atoms with E-state index in [2.05, 4.69) is 6.07 Å². The summed E-state index contributed by atoms with van der Waals surface area (Å²) >= 11 is 0. The van der Waals surface area contributed by atoms with Crippen LogP contribution in [0, 0.1) is 23.0 Å². The lowest BCUT2D eigenvalue weighted by Crippen LogP contribution is -2.53. The molecule has 1 aromatic carbocycles. The van der Waals surface area contributed by atoms with Gasteiger partial charge in [0.2, 0.25) is 0 Å². The van der Waals surface area contributed by atoms with Crippen LogP contribution in [-0.2, 0) is 0 Å². The second-order valence-electron chi connectivity index (χ2n) is 4.49. The topological polar surface area (TPSA) is 44.1 Å². The number of hydrogen-bond acceptors (Lipinski definition) is 2. The molecule has 1 fully saturated rings. The quantitative estimate of drug-likeness (QED) is 0.809. The molecule has 2 rings (SSSR count). The van der Waals surface area contributed by atoms with Crippen LogP contribution in [0.1, 0.15) is 29.6 Å². The zero-order valence-corrected chi connectivity index (χ0v) is 9.91. The van der Waals surface area contributed by atoms with Gasteiger partial charge in [-0.2, -0.15) is 5.26 Å². The van der Waals surface area contributed by atoms with Crippen molar-refractivity contribution in [3.63, 3.8) is 0 Å². The number of hydrogen-bond donors (Lipinski definition) is 0. The number of benzene rings is 1. The summed E-state index contributed by atoms with van der Waals surface area (Å²) in [5.74, 6) is -2.11. The lowest BCUT2D eigenvalue weighted by molar-refractivity contribution is 0.0492. The first-order valence-corrected chi connectivity index (χ1v) is 5.65. The predicted octanol–water partition coefficient (Wildman–Crippen LogP) is 2.48. The van der Waals surface area contributed by atoms with Crippen LogP contribution in [0.3, 0.4) is 0 Å².